The van der Waals surface area contributed by atoms with E-state index >= 15 is 0 Å². The van der Waals surface area contributed by atoms with Crippen molar-refractivity contribution in [2.45, 2.75) is 32.2 Å². The van der Waals surface area contributed by atoms with Crippen molar-refractivity contribution in [1.29, 1.82) is 0 Å². The van der Waals surface area contributed by atoms with Crippen LogP contribution in [0.4, 0.5) is 11.4 Å². The highest BCUT2D eigenvalue weighted by Gasteiger charge is 2.42. The SMILES string of the molecule is CCCCNC(=O)C[C@H]1N=C2c3ccccc3N=C(SCC(=O)N3CCN(c4ccccc4)CC3)N2C1=O. The second-order valence-electron chi connectivity index (χ2n) is 9.45. The van der Waals surface area contributed by atoms with Crippen LogP contribution in [0.2, 0.25) is 0 Å². The number of amides is 3. The second kappa shape index (κ2) is 11.8. The number of unbranched alkanes of at least 4 members (excludes halogenated alkanes) is 1. The van der Waals surface area contributed by atoms with E-state index in [1.54, 1.807) is 0 Å². The molecule has 1 fully saturated rings. The number of para-hydroxylation sites is 2. The summed E-state index contributed by atoms with van der Waals surface area (Å²) in [5, 5.41) is 3.29. The Balaban J connectivity index is 1.24. The number of carbonyl (C=O) groups excluding carboxylic acids is 3. The Kier molecular flexibility index (Phi) is 8.07. The molecule has 2 aromatic rings. The monoisotopic (exact) mass is 532 g/mol. The summed E-state index contributed by atoms with van der Waals surface area (Å²) in [7, 11) is 0. The average molecular weight is 533 g/mol. The standard InChI is InChI=1S/C28H32N6O3S/c1-2-3-13-29-24(35)18-23-27(37)34-26(30-23)21-11-7-8-12-22(21)31-28(34)38-19-25(36)33-16-14-32(15-17-33)20-9-5-4-6-10-20/h4-12,23H,2-3,13-19H2,1H3,(H,29,35)/t23-/m1/s1. The lowest BCUT2D eigenvalue weighted by Gasteiger charge is -2.36. The van der Waals surface area contributed by atoms with Gasteiger partial charge in [0.15, 0.2) is 5.17 Å². The van der Waals surface area contributed by atoms with Gasteiger partial charge in [0.25, 0.3) is 5.91 Å². The number of nitrogens with one attached hydrogen (secondary N) is 1. The van der Waals surface area contributed by atoms with Gasteiger partial charge in [-0.25, -0.2) is 9.89 Å². The van der Waals surface area contributed by atoms with Gasteiger partial charge in [-0.15, -0.1) is 0 Å². The van der Waals surface area contributed by atoms with Gasteiger partial charge in [-0.2, -0.15) is 0 Å². The van der Waals surface area contributed by atoms with Gasteiger partial charge >= 0.3 is 0 Å². The fourth-order valence-corrected chi connectivity index (χ4v) is 5.66. The Morgan fingerprint density at radius 1 is 1.03 bits per heavy atom. The largest absolute Gasteiger partial charge is 0.368 e. The normalized spacial score (nSPS) is 18.5. The number of nitrogens with zero attached hydrogens (tertiary/aromatic N) is 5. The highest BCUT2D eigenvalue weighted by atomic mass is 32.2. The van der Waals surface area contributed by atoms with Crippen LogP contribution in [0.25, 0.3) is 0 Å². The molecule has 3 aliphatic heterocycles. The number of thioether (sulfide) groups is 1. The van der Waals surface area contributed by atoms with Gasteiger partial charge in [0.1, 0.15) is 11.9 Å². The molecule has 0 unspecified atom stereocenters. The first kappa shape index (κ1) is 26.0. The van der Waals surface area contributed by atoms with Crippen LogP contribution in [0.1, 0.15) is 31.7 Å². The molecule has 3 heterocycles. The summed E-state index contributed by atoms with van der Waals surface area (Å²) in [6.45, 7) is 5.49. The van der Waals surface area contributed by atoms with Crippen LogP contribution in [-0.4, -0.2) is 83.0 Å². The highest BCUT2D eigenvalue weighted by molar-refractivity contribution is 8.14. The van der Waals surface area contributed by atoms with Crippen LogP contribution in [0.3, 0.4) is 0 Å². The Hall–Kier alpha value is -3.66. The van der Waals surface area contributed by atoms with E-state index in [0.717, 1.165) is 37.2 Å². The van der Waals surface area contributed by atoms with Crippen LogP contribution in [0.15, 0.2) is 64.6 Å². The van der Waals surface area contributed by atoms with Gasteiger partial charge in [-0.05, 0) is 30.7 Å². The molecule has 10 heteroatoms. The van der Waals surface area contributed by atoms with Crippen LogP contribution < -0.4 is 10.2 Å². The van der Waals surface area contributed by atoms with Crippen molar-refractivity contribution in [1.82, 2.24) is 15.1 Å². The zero-order valence-corrected chi connectivity index (χ0v) is 22.3. The molecular weight excluding hydrogens is 500 g/mol. The minimum atomic E-state index is -0.801. The number of carbonyl (C=O) groups is 3. The first-order valence-corrected chi connectivity index (χ1v) is 14.1. The molecule has 3 amide bonds. The Morgan fingerprint density at radius 2 is 1.76 bits per heavy atom. The number of hydrogen-bond donors (Lipinski definition) is 1. The molecule has 2 aromatic carbocycles. The van der Waals surface area contributed by atoms with Crippen molar-refractivity contribution >= 4 is 51.9 Å². The molecule has 0 saturated carbocycles. The minimum absolute atomic E-state index is 0.00666. The average Bonchev–Trinajstić information content (AvgIpc) is 3.28. The summed E-state index contributed by atoms with van der Waals surface area (Å²) < 4.78 is 0. The zero-order valence-electron chi connectivity index (χ0n) is 21.5. The first-order chi connectivity index (χ1) is 18.5. The van der Waals surface area contributed by atoms with Gasteiger partial charge in [0.05, 0.1) is 17.9 Å². The topological polar surface area (TPSA) is 97.7 Å². The zero-order chi connectivity index (χ0) is 26.5. The van der Waals surface area contributed by atoms with E-state index in [9.17, 15) is 14.4 Å². The number of benzene rings is 2. The molecular formula is C28H32N6O3S. The molecule has 0 spiro atoms. The first-order valence-electron chi connectivity index (χ1n) is 13.1. The molecule has 1 N–H and O–H groups in total. The van der Waals surface area contributed by atoms with Crippen LogP contribution >= 0.6 is 11.8 Å². The molecule has 1 atom stereocenters. The summed E-state index contributed by atoms with van der Waals surface area (Å²) >= 11 is 1.25. The molecule has 3 aliphatic rings. The molecule has 198 valence electrons. The van der Waals surface area contributed by atoms with E-state index in [1.165, 1.54) is 16.7 Å². The minimum Gasteiger partial charge on any atom is -0.368 e. The molecule has 0 aliphatic carbocycles. The maximum atomic E-state index is 13.4. The fraction of sp³-hybridized carbons (Fsp3) is 0.393. The molecule has 38 heavy (non-hydrogen) atoms. The Morgan fingerprint density at radius 3 is 2.53 bits per heavy atom. The number of rotatable bonds is 8. The molecule has 0 bridgehead atoms. The predicted octanol–water partition coefficient (Wildman–Crippen LogP) is 3.03. The fourth-order valence-electron chi connectivity index (χ4n) is 4.75. The maximum Gasteiger partial charge on any atom is 0.259 e. The maximum absolute atomic E-state index is 13.4. The lowest BCUT2D eigenvalue weighted by Crippen LogP contribution is -2.49. The quantitative estimate of drug-likeness (QED) is 0.527. The lowest BCUT2D eigenvalue weighted by molar-refractivity contribution is -0.129. The van der Waals surface area contributed by atoms with Gasteiger partial charge in [0, 0.05) is 44.0 Å². The van der Waals surface area contributed by atoms with Crippen molar-refractivity contribution in [2.75, 3.05) is 43.4 Å². The third kappa shape index (κ3) is 5.60. The van der Waals surface area contributed by atoms with Crippen LogP contribution in [0.5, 0.6) is 0 Å². The summed E-state index contributed by atoms with van der Waals surface area (Å²) in [5.74, 6) is 0.214. The van der Waals surface area contributed by atoms with Crippen molar-refractivity contribution in [2.24, 2.45) is 9.98 Å². The molecule has 0 radical (unpaired) electrons. The van der Waals surface area contributed by atoms with E-state index in [1.807, 2.05) is 47.4 Å². The summed E-state index contributed by atoms with van der Waals surface area (Å²) in [4.78, 5) is 53.9. The summed E-state index contributed by atoms with van der Waals surface area (Å²) in [5.41, 5.74) is 2.62. The van der Waals surface area contributed by atoms with E-state index in [4.69, 9.17) is 4.99 Å². The van der Waals surface area contributed by atoms with Crippen molar-refractivity contribution in [3.05, 3.63) is 60.2 Å². The number of anilines is 1. The van der Waals surface area contributed by atoms with Crippen molar-refractivity contribution in [3.8, 4) is 0 Å². The van der Waals surface area contributed by atoms with E-state index in [0.29, 0.717) is 36.3 Å². The van der Waals surface area contributed by atoms with Crippen molar-refractivity contribution in [3.63, 3.8) is 0 Å². The predicted molar refractivity (Wildman–Crippen MR) is 151 cm³/mol. The van der Waals surface area contributed by atoms with Gasteiger partial charge in [0.2, 0.25) is 11.8 Å². The van der Waals surface area contributed by atoms with Gasteiger partial charge in [-0.1, -0.05) is 55.4 Å². The summed E-state index contributed by atoms with van der Waals surface area (Å²) in [6, 6.07) is 16.9. The number of aliphatic imine (C=N–C) groups is 2. The molecule has 1 saturated heterocycles. The van der Waals surface area contributed by atoms with Gasteiger partial charge in [-0.3, -0.25) is 19.4 Å². The lowest BCUT2D eigenvalue weighted by atomic mass is 10.1. The summed E-state index contributed by atoms with van der Waals surface area (Å²) in [6.07, 6.45) is 1.86. The van der Waals surface area contributed by atoms with E-state index in [2.05, 4.69) is 34.3 Å². The van der Waals surface area contributed by atoms with Crippen LogP contribution in [-0.2, 0) is 14.4 Å². The number of amidine groups is 2. The third-order valence-corrected chi connectivity index (χ3v) is 7.78. The second-order valence-corrected chi connectivity index (χ2v) is 10.4. The van der Waals surface area contributed by atoms with E-state index < -0.39 is 6.04 Å². The van der Waals surface area contributed by atoms with Gasteiger partial charge < -0.3 is 15.1 Å². The molecule has 0 aromatic heterocycles. The number of hydrogen-bond acceptors (Lipinski definition) is 7. The third-order valence-electron chi connectivity index (χ3n) is 6.86. The van der Waals surface area contributed by atoms with E-state index in [-0.39, 0.29) is 29.9 Å². The number of fused-ring (bicyclic) bond motifs is 3. The Labute approximate surface area is 227 Å². The smallest absolute Gasteiger partial charge is 0.259 e. The molecule has 5 rings (SSSR count). The number of piperazine rings is 1. The Bertz CT molecular complexity index is 1260. The highest BCUT2D eigenvalue weighted by Crippen LogP contribution is 2.34. The van der Waals surface area contributed by atoms with Crippen LogP contribution in [0, 0.1) is 0 Å². The molecule has 9 nitrogen and oxygen atoms in total. The van der Waals surface area contributed by atoms with Crippen molar-refractivity contribution < 1.29 is 14.4 Å².